The van der Waals surface area contributed by atoms with Crippen LogP contribution in [0.3, 0.4) is 0 Å². The van der Waals surface area contributed by atoms with Crippen LogP contribution in [0.1, 0.15) is 32.4 Å². The molecule has 0 aliphatic carbocycles. The minimum atomic E-state index is 0.564. The fourth-order valence-corrected chi connectivity index (χ4v) is 3.45. The summed E-state index contributed by atoms with van der Waals surface area (Å²) < 4.78 is 0. The Hall–Kier alpha value is -1.61. The summed E-state index contributed by atoms with van der Waals surface area (Å²) in [5.41, 5.74) is 1.12. The number of hydrogen-bond donors (Lipinski definition) is 1. The SMILES string of the molecule is CNCc1cc2ccccc2c(N2CCC(C)CC2C)n1. The molecule has 0 saturated carbocycles. The highest BCUT2D eigenvalue weighted by Crippen LogP contribution is 2.32. The third kappa shape index (κ3) is 2.88. The molecule has 1 aromatic heterocycles. The van der Waals surface area contributed by atoms with Gasteiger partial charge in [0.2, 0.25) is 0 Å². The summed E-state index contributed by atoms with van der Waals surface area (Å²) >= 11 is 0. The Morgan fingerprint density at radius 2 is 2.10 bits per heavy atom. The molecular weight excluding hydrogens is 258 g/mol. The molecule has 1 saturated heterocycles. The highest BCUT2D eigenvalue weighted by atomic mass is 15.2. The molecule has 1 fully saturated rings. The first-order chi connectivity index (χ1) is 10.2. The second-order valence-corrected chi connectivity index (χ2v) is 6.36. The summed E-state index contributed by atoms with van der Waals surface area (Å²) in [4.78, 5) is 7.45. The van der Waals surface area contributed by atoms with Gasteiger partial charge in [0.05, 0.1) is 5.69 Å². The van der Waals surface area contributed by atoms with Gasteiger partial charge in [-0.2, -0.15) is 0 Å². The zero-order valence-electron chi connectivity index (χ0n) is 13.3. The van der Waals surface area contributed by atoms with E-state index in [1.807, 2.05) is 7.05 Å². The third-order valence-corrected chi connectivity index (χ3v) is 4.54. The molecule has 1 aliphatic heterocycles. The van der Waals surface area contributed by atoms with Gasteiger partial charge in [-0.15, -0.1) is 0 Å². The monoisotopic (exact) mass is 283 g/mol. The average Bonchev–Trinajstić information content (AvgIpc) is 2.47. The van der Waals surface area contributed by atoms with E-state index in [1.165, 1.54) is 23.6 Å². The minimum absolute atomic E-state index is 0.564. The van der Waals surface area contributed by atoms with Gasteiger partial charge in [-0.1, -0.05) is 31.2 Å². The molecule has 0 bridgehead atoms. The largest absolute Gasteiger partial charge is 0.353 e. The molecule has 0 radical (unpaired) electrons. The van der Waals surface area contributed by atoms with Gasteiger partial charge >= 0.3 is 0 Å². The van der Waals surface area contributed by atoms with Crippen molar-refractivity contribution in [2.45, 2.75) is 39.3 Å². The number of piperidine rings is 1. The number of aromatic nitrogens is 1. The van der Waals surface area contributed by atoms with Gasteiger partial charge in [-0.3, -0.25) is 0 Å². The lowest BCUT2D eigenvalue weighted by Crippen LogP contribution is -2.41. The minimum Gasteiger partial charge on any atom is -0.353 e. The molecule has 112 valence electrons. The molecule has 2 atom stereocenters. The lowest BCUT2D eigenvalue weighted by molar-refractivity contribution is 0.376. The maximum atomic E-state index is 4.95. The van der Waals surface area contributed by atoms with E-state index in [4.69, 9.17) is 4.98 Å². The van der Waals surface area contributed by atoms with Crippen molar-refractivity contribution in [3.05, 3.63) is 36.0 Å². The van der Waals surface area contributed by atoms with Crippen molar-refractivity contribution in [2.24, 2.45) is 5.92 Å². The van der Waals surface area contributed by atoms with Crippen LogP contribution < -0.4 is 10.2 Å². The van der Waals surface area contributed by atoms with E-state index in [2.05, 4.69) is 54.4 Å². The van der Waals surface area contributed by atoms with Gasteiger partial charge in [0.1, 0.15) is 5.82 Å². The number of anilines is 1. The van der Waals surface area contributed by atoms with Gasteiger partial charge in [-0.05, 0) is 44.2 Å². The normalized spacial score (nSPS) is 22.7. The number of fused-ring (bicyclic) bond motifs is 1. The van der Waals surface area contributed by atoms with Crippen LogP contribution in [0.25, 0.3) is 10.8 Å². The van der Waals surface area contributed by atoms with Crippen LogP contribution in [0.5, 0.6) is 0 Å². The Morgan fingerprint density at radius 1 is 1.29 bits per heavy atom. The number of rotatable bonds is 3. The molecule has 1 aliphatic rings. The summed E-state index contributed by atoms with van der Waals surface area (Å²) in [6.07, 6.45) is 2.52. The Balaban J connectivity index is 2.07. The molecule has 3 nitrogen and oxygen atoms in total. The van der Waals surface area contributed by atoms with E-state index in [9.17, 15) is 0 Å². The first kappa shape index (κ1) is 14.3. The second kappa shape index (κ2) is 6.02. The lowest BCUT2D eigenvalue weighted by Gasteiger charge is -2.38. The van der Waals surface area contributed by atoms with Gasteiger partial charge in [0, 0.05) is 24.5 Å². The third-order valence-electron chi connectivity index (χ3n) is 4.54. The molecule has 3 rings (SSSR count). The molecule has 21 heavy (non-hydrogen) atoms. The lowest BCUT2D eigenvalue weighted by atomic mass is 9.93. The Kier molecular flexibility index (Phi) is 4.11. The first-order valence-electron chi connectivity index (χ1n) is 7.99. The highest BCUT2D eigenvalue weighted by molar-refractivity contribution is 5.92. The maximum Gasteiger partial charge on any atom is 0.137 e. The van der Waals surface area contributed by atoms with Crippen molar-refractivity contribution in [3.8, 4) is 0 Å². The molecular formula is C18H25N3. The van der Waals surface area contributed by atoms with Crippen LogP contribution >= 0.6 is 0 Å². The molecule has 2 heterocycles. The summed E-state index contributed by atoms with van der Waals surface area (Å²) in [6.45, 7) is 6.62. The van der Waals surface area contributed by atoms with Crippen LogP contribution in [0.4, 0.5) is 5.82 Å². The Bertz CT molecular complexity index is 623. The Morgan fingerprint density at radius 3 is 2.86 bits per heavy atom. The van der Waals surface area contributed by atoms with E-state index in [0.29, 0.717) is 6.04 Å². The molecule has 3 heteroatoms. The zero-order chi connectivity index (χ0) is 14.8. The van der Waals surface area contributed by atoms with Crippen molar-refractivity contribution < 1.29 is 0 Å². The summed E-state index contributed by atoms with van der Waals surface area (Å²) in [6, 6.07) is 11.4. The summed E-state index contributed by atoms with van der Waals surface area (Å²) in [7, 11) is 1.97. The molecule has 2 aromatic rings. The molecule has 1 N–H and O–H groups in total. The predicted molar refractivity (Wildman–Crippen MR) is 89.7 cm³/mol. The second-order valence-electron chi connectivity index (χ2n) is 6.36. The van der Waals surface area contributed by atoms with E-state index in [-0.39, 0.29) is 0 Å². The number of nitrogens with zero attached hydrogens (tertiary/aromatic N) is 2. The Labute approximate surface area is 127 Å². The van der Waals surface area contributed by atoms with Crippen molar-refractivity contribution in [2.75, 3.05) is 18.5 Å². The standard InChI is InChI=1S/C18H25N3/c1-13-8-9-21(14(2)10-13)18-17-7-5-4-6-15(17)11-16(20-18)12-19-3/h4-7,11,13-14,19H,8-10,12H2,1-3H3. The van der Waals surface area contributed by atoms with Crippen molar-refractivity contribution in [1.29, 1.82) is 0 Å². The van der Waals surface area contributed by atoms with E-state index in [0.717, 1.165) is 30.5 Å². The van der Waals surface area contributed by atoms with E-state index >= 15 is 0 Å². The average molecular weight is 283 g/mol. The molecule has 2 unspecified atom stereocenters. The van der Waals surface area contributed by atoms with Crippen LogP contribution in [-0.4, -0.2) is 24.6 Å². The number of nitrogens with one attached hydrogen (secondary N) is 1. The van der Waals surface area contributed by atoms with E-state index < -0.39 is 0 Å². The number of hydrogen-bond acceptors (Lipinski definition) is 3. The van der Waals surface area contributed by atoms with Crippen molar-refractivity contribution in [1.82, 2.24) is 10.3 Å². The van der Waals surface area contributed by atoms with Crippen molar-refractivity contribution >= 4 is 16.6 Å². The van der Waals surface area contributed by atoms with Crippen LogP contribution in [0.2, 0.25) is 0 Å². The fraction of sp³-hybridized carbons (Fsp3) is 0.500. The smallest absolute Gasteiger partial charge is 0.137 e. The maximum absolute atomic E-state index is 4.95. The van der Waals surface area contributed by atoms with Crippen molar-refractivity contribution in [3.63, 3.8) is 0 Å². The zero-order valence-corrected chi connectivity index (χ0v) is 13.3. The quantitative estimate of drug-likeness (QED) is 0.933. The topological polar surface area (TPSA) is 28.2 Å². The van der Waals surface area contributed by atoms with Crippen LogP contribution in [-0.2, 0) is 6.54 Å². The van der Waals surface area contributed by atoms with Gasteiger partial charge in [0.15, 0.2) is 0 Å². The predicted octanol–water partition coefficient (Wildman–Crippen LogP) is 3.58. The number of benzene rings is 1. The molecule has 0 amide bonds. The van der Waals surface area contributed by atoms with Gasteiger partial charge in [-0.25, -0.2) is 4.98 Å². The molecule has 0 spiro atoms. The molecule has 1 aromatic carbocycles. The summed E-state index contributed by atoms with van der Waals surface area (Å²) in [5.74, 6) is 1.99. The first-order valence-corrected chi connectivity index (χ1v) is 7.99. The fourth-order valence-electron chi connectivity index (χ4n) is 3.45. The van der Waals surface area contributed by atoms with Gasteiger partial charge in [0.25, 0.3) is 0 Å². The summed E-state index contributed by atoms with van der Waals surface area (Å²) in [5, 5.41) is 5.78. The number of pyridine rings is 1. The van der Waals surface area contributed by atoms with E-state index in [1.54, 1.807) is 0 Å². The van der Waals surface area contributed by atoms with Crippen LogP contribution in [0.15, 0.2) is 30.3 Å². The highest BCUT2D eigenvalue weighted by Gasteiger charge is 2.25. The van der Waals surface area contributed by atoms with Crippen LogP contribution in [0, 0.1) is 5.92 Å². The van der Waals surface area contributed by atoms with Gasteiger partial charge < -0.3 is 10.2 Å².